The van der Waals surface area contributed by atoms with E-state index in [2.05, 4.69) is 26.1 Å². The maximum Gasteiger partial charge on any atom is 0.269 e. The second kappa shape index (κ2) is 7.74. The molecule has 29 heavy (non-hydrogen) atoms. The van der Waals surface area contributed by atoms with Crippen molar-refractivity contribution in [2.24, 2.45) is 0 Å². The van der Waals surface area contributed by atoms with E-state index in [9.17, 15) is 8.42 Å². The number of aromatic nitrogens is 2. The summed E-state index contributed by atoms with van der Waals surface area (Å²) in [6, 6.07) is 16.4. The molecule has 2 aromatic heterocycles. The van der Waals surface area contributed by atoms with E-state index in [0.29, 0.717) is 16.4 Å². The molecule has 4 rings (SSSR count). The molecular formula is C20H16BrN3O3S2. The second-order valence-electron chi connectivity index (χ2n) is 6.36. The Kier molecular flexibility index (Phi) is 5.28. The lowest BCUT2D eigenvalue weighted by atomic mass is 10.2. The minimum absolute atomic E-state index is 0.135. The third-order valence-corrected chi connectivity index (χ3v) is 7.69. The predicted molar refractivity (Wildman–Crippen MR) is 118 cm³/mol. The largest absolute Gasteiger partial charge is 0.333 e. The zero-order valence-corrected chi connectivity index (χ0v) is 18.8. The summed E-state index contributed by atoms with van der Waals surface area (Å²) in [6.45, 7) is 1.92. The molecule has 0 fully saturated rings. The summed E-state index contributed by atoms with van der Waals surface area (Å²) in [4.78, 5) is 4.96. The van der Waals surface area contributed by atoms with Gasteiger partial charge in [0.05, 0.1) is 5.69 Å². The SMILES string of the molecule is Cc1cccc(N(C)S(=O)(=O)c2ccsc2-c2nc(-c3cccc(Br)c3)no2)c1. The Hall–Kier alpha value is -2.49. The van der Waals surface area contributed by atoms with Crippen LogP contribution in [0.2, 0.25) is 0 Å². The Bertz CT molecular complexity index is 1280. The lowest BCUT2D eigenvalue weighted by Gasteiger charge is -2.19. The van der Waals surface area contributed by atoms with Crippen LogP contribution in [0.5, 0.6) is 0 Å². The first-order chi connectivity index (χ1) is 13.9. The molecule has 6 nitrogen and oxygen atoms in total. The van der Waals surface area contributed by atoms with Crippen LogP contribution in [0, 0.1) is 6.92 Å². The quantitative estimate of drug-likeness (QED) is 0.377. The minimum Gasteiger partial charge on any atom is -0.333 e. The molecule has 4 aromatic rings. The zero-order chi connectivity index (χ0) is 20.6. The van der Waals surface area contributed by atoms with Gasteiger partial charge in [-0.1, -0.05) is 45.4 Å². The number of aryl methyl sites for hydroxylation is 1. The highest BCUT2D eigenvalue weighted by Gasteiger charge is 2.28. The summed E-state index contributed by atoms with van der Waals surface area (Å²) < 4.78 is 34.1. The average molecular weight is 490 g/mol. The van der Waals surface area contributed by atoms with E-state index < -0.39 is 10.0 Å². The molecule has 2 heterocycles. The fraction of sp³-hybridized carbons (Fsp3) is 0.100. The molecule has 0 saturated heterocycles. The second-order valence-corrected chi connectivity index (χ2v) is 10.1. The standard InChI is InChI=1S/C20H16BrN3O3S2/c1-13-5-3-8-16(11-13)24(2)29(25,26)17-9-10-28-18(17)20-22-19(23-27-20)14-6-4-7-15(21)12-14/h3-12H,1-2H3. The monoisotopic (exact) mass is 489 g/mol. The third-order valence-electron chi connectivity index (χ3n) is 4.34. The van der Waals surface area contributed by atoms with E-state index >= 15 is 0 Å². The van der Waals surface area contributed by atoms with Gasteiger partial charge >= 0.3 is 0 Å². The highest BCUT2D eigenvalue weighted by Crippen LogP contribution is 2.35. The summed E-state index contributed by atoms with van der Waals surface area (Å²) >= 11 is 4.66. The molecule has 0 bridgehead atoms. The first-order valence-electron chi connectivity index (χ1n) is 8.59. The fourth-order valence-corrected chi connectivity index (χ4v) is 5.73. The smallest absolute Gasteiger partial charge is 0.269 e. The lowest BCUT2D eigenvalue weighted by molar-refractivity contribution is 0.432. The maximum atomic E-state index is 13.3. The van der Waals surface area contributed by atoms with Gasteiger partial charge in [0.1, 0.15) is 9.77 Å². The van der Waals surface area contributed by atoms with Crippen molar-refractivity contribution in [2.75, 3.05) is 11.4 Å². The molecule has 2 aromatic carbocycles. The predicted octanol–water partition coefficient (Wildman–Crippen LogP) is 5.36. The van der Waals surface area contributed by atoms with Crippen LogP contribution in [0.1, 0.15) is 5.56 Å². The number of nitrogens with zero attached hydrogens (tertiary/aromatic N) is 3. The Morgan fingerprint density at radius 1 is 1.10 bits per heavy atom. The molecule has 9 heteroatoms. The topological polar surface area (TPSA) is 76.3 Å². The van der Waals surface area contributed by atoms with Crippen molar-refractivity contribution in [3.8, 4) is 22.2 Å². The number of thiophene rings is 1. The molecule has 0 unspecified atom stereocenters. The molecule has 0 radical (unpaired) electrons. The molecule has 0 N–H and O–H groups in total. The van der Waals surface area contributed by atoms with Gasteiger partial charge in [0.15, 0.2) is 0 Å². The number of anilines is 1. The van der Waals surface area contributed by atoms with E-state index in [1.807, 2.05) is 49.4 Å². The molecule has 0 aliphatic rings. The average Bonchev–Trinajstić information content (AvgIpc) is 3.37. The third kappa shape index (κ3) is 3.85. The molecular weight excluding hydrogens is 474 g/mol. The van der Waals surface area contributed by atoms with Crippen LogP contribution in [-0.4, -0.2) is 25.6 Å². The van der Waals surface area contributed by atoms with Gasteiger partial charge in [0, 0.05) is 17.1 Å². The van der Waals surface area contributed by atoms with E-state index in [1.165, 1.54) is 22.7 Å². The van der Waals surface area contributed by atoms with Gasteiger partial charge in [0.25, 0.3) is 15.9 Å². The number of hydrogen-bond acceptors (Lipinski definition) is 6. The minimum atomic E-state index is -3.80. The Balaban J connectivity index is 1.72. The lowest BCUT2D eigenvalue weighted by Crippen LogP contribution is -2.26. The summed E-state index contributed by atoms with van der Waals surface area (Å²) in [5.41, 5.74) is 2.33. The Labute approximate surface area is 181 Å². The normalized spacial score (nSPS) is 11.6. The molecule has 0 spiro atoms. The van der Waals surface area contributed by atoms with Crippen LogP contribution < -0.4 is 4.31 Å². The van der Waals surface area contributed by atoms with Gasteiger partial charge in [-0.05, 0) is 48.2 Å². The molecule has 0 atom stereocenters. The number of halogens is 1. The van der Waals surface area contributed by atoms with Crippen molar-refractivity contribution < 1.29 is 12.9 Å². The Morgan fingerprint density at radius 2 is 1.90 bits per heavy atom. The molecule has 0 aliphatic carbocycles. The summed E-state index contributed by atoms with van der Waals surface area (Å²) in [6.07, 6.45) is 0. The van der Waals surface area contributed by atoms with Crippen LogP contribution in [-0.2, 0) is 10.0 Å². The van der Waals surface area contributed by atoms with E-state index in [4.69, 9.17) is 4.52 Å². The number of rotatable bonds is 5. The van der Waals surface area contributed by atoms with Crippen molar-refractivity contribution in [3.05, 3.63) is 70.0 Å². The van der Waals surface area contributed by atoms with E-state index in [-0.39, 0.29) is 10.8 Å². The van der Waals surface area contributed by atoms with E-state index in [1.54, 1.807) is 17.5 Å². The van der Waals surface area contributed by atoms with Crippen molar-refractivity contribution in [1.29, 1.82) is 0 Å². The van der Waals surface area contributed by atoms with Crippen LogP contribution in [0.15, 0.2) is 73.9 Å². The fourth-order valence-electron chi connectivity index (χ4n) is 2.83. The van der Waals surface area contributed by atoms with Crippen LogP contribution >= 0.6 is 27.3 Å². The molecule has 0 saturated carbocycles. The van der Waals surface area contributed by atoms with Gasteiger partial charge in [-0.15, -0.1) is 11.3 Å². The van der Waals surface area contributed by atoms with Crippen molar-refractivity contribution in [3.63, 3.8) is 0 Å². The van der Waals surface area contributed by atoms with E-state index in [0.717, 1.165) is 15.6 Å². The van der Waals surface area contributed by atoms with Crippen LogP contribution in [0.25, 0.3) is 22.2 Å². The zero-order valence-electron chi connectivity index (χ0n) is 15.5. The Morgan fingerprint density at radius 3 is 2.66 bits per heavy atom. The number of benzene rings is 2. The van der Waals surface area contributed by atoms with Gasteiger partial charge in [0.2, 0.25) is 5.82 Å². The summed E-state index contributed by atoms with van der Waals surface area (Å²) in [7, 11) is -2.26. The summed E-state index contributed by atoms with van der Waals surface area (Å²) in [5.74, 6) is 0.566. The van der Waals surface area contributed by atoms with Crippen LogP contribution in [0.3, 0.4) is 0 Å². The molecule has 148 valence electrons. The first-order valence-corrected chi connectivity index (χ1v) is 11.7. The summed E-state index contributed by atoms with van der Waals surface area (Å²) in [5, 5.41) is 5.72. The van der Waals surface area contributed by atoms with Crippen molar-refractivity contribution >= 4 is 43.0 Å². The van der Waals surface area contributed by atoms with Crippen LogP contribution in [0.4, 0.5) is 5.69 Å². The van der Waals surface area contributed by atoms with Crippen molar-refractivity contribution in [1.82, 2.24) is 10.1 Å². The number of sulfonamides is 1. The highest BCUT2D eigenvalue weighted by atomic mass is 79.9. The van der Waals surface area contributed by atoms with Crippen molar-refractivity contribution in [2.45, 2.75) is 11.8 Å². The maximum absolute atomic E-state index is 13.3. The molecule has 0 aliphatic heterocycles. The van der Waals surface area contributed by atoms with Gasteiger partial charge < -0.3 is 4.52 Å². The highest BCUT2D eigenvalue weighted by molar-refractivity contribution is 9.10. The number of hydrogen-bond donors (Lipinski definition) is 0. The first kappa shape index (κ1) is 19.8. The van der Waals surface area contributed by atoms with Gasteiger partial charge in [-0.2, -0.15) is 4.98 Å². The van der Waals surface area contributed by atoms with Gasteiger partial charge in [-0.3, -0.25) is 4.31 Å². The van der Waals surface area contributed by atoms with Gasteiger partial charge in [-0.25, -0.2) is 8.42 Å². The molecule has 0 amide bonds.